The number of nitrogens with one attached hydrogen (secondary N) is 1. The van der Waals surface area contributed by atoms with E-state index in [1.807, 2.05) is 0 Å². The van der Waals surface area contributed by atoms with Gasteiger partial charge in [0, 0.05) is 11.9 Å². The molecule has 1 N–H and O–H groups in total. The molecule has 0 saturated heterocycles. The highest BCUT2D eigenvalue weighted by Gasteiger charge is 2.30. The Balaban J connectivity index is 2.20. The molecule has 0 bridgehead atoms. The van der Waals surface area contributed by atoms with Crippen LogP contribution in [0.2, 0.25) is 0 Å². The monoisotopic (exact) mass is 280 g/mol. The molecule has 0 aliphatic rings. The Bertz CT molecular complexity index is 638. The van der Waals surface area contributed by atoms with Crippen LogP contribution < -0.4 is 5.32 Å². The number of nitrogens with zero attached hydrogens (tertiary/aromatic N) is 1. The number of alkyl halides is 3. The van der Waals surface area contributed by atoms with E-state index in [2.05, 4.69) is 10.3 Å². The van der Waals surface area contributed by atoms with E-state index < -0.39 is 17.6 Å². The highest BCUT2D eigenvalue weighted by molar-refractivity contribution is 6.02. The van der Waals surface area contributed by atoms with Gasteiger partial charge in [-0.1, -0.05) is 6.07 Å². The minimum absolute atomic E-state index is 0.0770. The van der Waals surface area contributed by atoms with Crippen LogP contribution in [0.4, 0.5) is 18.9 Å². The largest absolute Gasteiger partial charge is 0.416 e. The van der Waals surface area contributed by atoms with Crippen molar-refractivity contribution in [3.05, 3.63) is 59.4 Å². The van der Waals surface area contributed by atoms with Crippen LogP contribution in [-0.2, 0) is 6.18 Å². The number of aryl methyl sites for hydroxylation is 1. The average Bonchev–Trinajstić information content (AvgIpc) is 2.38. The zero-order valence-electron chi connectivity index (χ0n) is 10.5. The number of carbonyl (C=O) groups is 1. The Labute approximate surface area is 113 Å². The van der Waals surface area contributed by atoms with Gasteiger partial charge in [-0.2, -0.15) is 13.2 Å². The normalized spacial score (nSPS) is 11.2. The molecule has 0 fully saturated rings. The predicted molar refractivity (Wildman–Crippen MR) is 68.4 cm³/mol. The lowest BCUT2D eigenvalue weighted by Crippen LogP contribution is -2.14. The van der Waals surface area contributed by atoms with Gasteiger partial charge in [0.1, 0.15) is 5.69 Å². The predicted octanol–water partition coefficient (Wildman–Crippen LogP) is 3.66. The Kier molecular flexibility index (Phi) is 3.74. The van der Waals surface area contributed by atoms with E-state index in [0.29, 0.717) is 0 Å². The first-order valence-corrected chi connectivity index (χ1v) is 5.77. The number of carbonyl (C=O) groups excluding carboxylic acids is 1. The topological polar surface area (TPSA) is 42.0 Å². The number of hydrogen-bond donors (Lipinski definition) is 1. The maximum Gasteiger partial charge on any atom is 0.416 e. The van der Waals surface area contributed by atoms with E-state index in [0.717, 1.165) is 17.7 Å². The summed E-state index contributed by atoms with van der Waals surface area (Å²) in [5, 5.41) is 2.40. The number of pyridine rings is 1. The lowest BCUT2D eigenvalue weighted by atomic mass is 10.2. The van der Waals surface area contributed by atoms with Crippen LogP contribution in [0.5, 0.6) is 0 Å². The van der Waals surface area contributed by atoms with Crippen molar-refractivity contribution in [2.24, 2.45) is 0 Å². The zero-order valence-corrected chi connectivity index (χ0v) is 10.5. The van der Waals surface area contributed by atoms with Crippen LogP contribution in [0.1, 0.15) is 21.6 Å². The van der Waals surface area contributed by atoms with Gasteiger partial charge in [-0.05, 0) is 42.8 Å². The third-order valence-electron chi connectivity index (χ3n) is 2.60. The minimum Gasteiger partial charge on any atom is -0.321 e. The molecule has 2 rings (SSSR count). The van der Waals surface area contributed by atoms with Gasteiger partial charge in [0.25, 0.3) is 5.91 Å². The summed E-state index contributed by atoms with van der Waals surface area (Å²) in [5.41, 5.74) is 0.261. The van der Waals surface area contributed by atoms with Gasteiger partial charge < -0.3 is 5.32 Å². The first-order chi connectivity index (χ1) is 9.36. The van der Waals surface area contributed by atoms with Crippen molar-refractivity contribution < 1.29 is 18.0 Å². The standard InChI is InChI=1S/C14H11F3N2O/c1-9-5-6-18-12(7-9)13(20)19-11-4-2-3-10(8-11)14(15,16)17/h2-8H,1H3,(H,19,20). The Hall–Kier alpha value is -2.37. The number of benzene rings is 1. The summed E-state index contributed by atoms with van der Waals surface area (Å²) in [5.74, 6) is -0.548. The van der Waals surface area contributed by atoms with Gasteiger partial charge in [-0.25, -0.2) is 0 Å². The maximum absolute atomic E-state index is 12.6. The molecule has 3 nitrogen and oxygen atoms in total. The van der Waals surface area contributed by atoms with Gasteiger partial charge >= 0.3 is 6.18 Å². The summed E-state index contributed by atoms with van der Waals surface area (Å²) in [7, 11) is 0. The first-order valence-electron chi connectivity index (χ1n) is 5.77. The summed E-state index contributed by atoms with van der Waals surface area (Å²) in [6, 6.07) is 7.74. The van der Waals surface area contributed by atoms with E-state index in [-0.39, 0.29) is 11.4 Å². The molecule has 0 aliphatic heterocycles. The molecule has 0 aliphatic carbocycles. The molecule has 0 atom stereocenters. The third kappa shape index (κ3) is 3.34. The molecule has 2 aromatic rings. The number of hydrogen-bond acceptors (Lipinski definition) is 2. The maximum atomic E-state index is 12.6. The van der Waals surface area contributed by atoms with Crippen LogP contribution in [0, 0.1) is 6.92 Å². The molecule has 0 spiro atoms. The van der Waals surface area contributed by atoms with Crippen molar-refractivity contribution in [2.75, 3.05) is 5.32 Å². The lowest BCUT2D eigenvalue weighted by molar-refractivity contribution is -0.137. The number of amides is 1. The van der Waals surface area contributed by atoms with Crippen LogP contribution in [0.25, 0.3) is 0 Å². The van der Waals surface area contributed by atoms with Crippen molar-refractivity contribution >= 4 is 11.6 Å². The number of rotatable bonds is 2. The van der Waals surface area contributed by atoms with Crippen molar-refractivity contribution in [1.29, 1.82) is 0 Å². The third-order valence-corrected chi connectivity index (χ3v) is 2.60. The summed E-state index contributed by atoms with van der Waals surface area (Å²) in [6.07, 6.45) is -2.97. The van der Waals surface area contributed by atoms with Crippen LogP contribution in [-0.4, -0.2) is 10.9 Å². The average molecular weight is 280 g/mol. The molecular weight excluding hydrogens is 269 g/mol. The lowest BCUT2D eigenvalue weighted by Gasteiger charge is -2.09. The summed E-state index contributed by atoms with van der Waals surface area (Å²) in [4.78, 5) is 15.7. The molecular formula is C14H11F3N2O. The molecule has 1 aromatic carbocycles. The van der Waals surface area contributed by atoms with Gasteiger partial charge in [-0.15, -0.1) is 0 Å². The second-order valence-electron chi connectivity index (χ2n) is 4.25. The van der Waals surface area contributed by atoms with Crippen LogP contribution in [0.15, 0.2) is 42.6 Å². The number of anilines is 1. The van der Waals surface area contributed by atoms with Crippen molar-refractivity contribution in [1.82, 2.24) is 4.98 Å². The smallest absolute Gasteiger partial charge is 0.321 e. The van der Waals surface area contributed by atoms with Gasteiger partial charge in [-0.3, -0.25) is 9.78 Å². The first kappa shape index (κ1) is 14.0. The Morgan fingerprint density at radius 2 is 1.95 bits per heavy atom. The molecule has 104 valence electrons. The highest BCUT2D eigenvalue weighted by Crippen LogP contribution is 2.30. The molecule has 0 radical (unpaired) electrons. The van der Waals surface area contributed by atoms with Crippen molar-refractivity contribution in [3.8, 4) is 0 Å². The molecule has 1 aromatic heterocycles. The fraction of sp³-hybridized carbons (Fsp3) is 0.143. The van der Waals surface area contributed by atoms with Crippen LogP contribution >= 0.6 is 0 Å². The van der Waals surface area contributed by atoms with Crippen LogP contribution in [0.3, 0.4) is 0 Å². The molecule has 20 heavy (non-hydrogen) atoms. The summed E-state index contributed by atoms with van der Waals surface area (Å²) < 4.78 is 37.7. The highest BCUT2D eigenvalue weighted by atomic mass is 19.4. The second-order valence-corrected chi connectivity index (χ2v) is 4.25. The molecule has 0 unspecified atom stereocenters. The number of halogens is 3. The minimum atomic E-state index is -4.44. The fourth-order valence-electron chi connectivity index (χ4n) is 1.63. The van der Waals surface area contributed by atoms with E-state index in [1.165, 1.54) is 18.3 Å². The Morgan fingerprint density at radius 3 is 2.60 bits per heavy atom. The van der Waals surface area contributed by atoms with Crippen molar-refractivity contribution in [2.45, 2.75) is 13.1 Å². The molecule has 6 heteroatoms. The van der Waals surface area contributed by atoms with E-state index in [9.17, 15) is 18.0 Å². The quantitative estimate of drug-likeness (QED) is 0.912. The molecule has 0 saturated carbocycles. The van der Waals surface area contributed by atoms with Gasteiger partial charge in [0.05, 0.1) is 5.56 Å². The SMILES string of the molecule is Cc1ccnc(C(=O)Nc2cccc(C(F)(F)F)c2)c1. The van der Waals surface area contributed by atoms with Gasteiger partial charge in [0.15, 0.2) is 0 Å². The second kappa shape index (κ2) is 5.32. The van der Waals surface area contributed by atoms with E-state index >= 15 is 0 Å². The molecule has 1 heterocycles. The molecule has 1 amide bonds. The van der Waals surface area contributed by atoms with E-state index in [4.69, 9.17) is 0 Å². The van der Waals surface area contributed by atoms with Gasteiger partial charge in [0.2, 0.25) is 0 Å². The number of aromatic nitrogens is 1. The Morgan fingerprint density at radius 1 is 1.20 bits per heavy atom. The van der Waals surface area contributed by atoms with Crippen molar-refractivity contribution in [3.63, 3.8) is 0 Å². The summed E-state index contributed by atoms with van der Waals surface area (Å²) in [6.45, 7) is 1.79. The zero-order chi connectivity index (χ0) is 14.8. The summed E-state index contributed by atoms with van der Waals surface area (Å²) >= 11 is 0. The van der Waals surface area contributed by atoms with E-state index in [1.54, 1.807) is 19.1 Å². The fourth-order valence-corrected chi connectivity index (χ4v) is 1.63.